The molecule has 0 aliphatic rings. The van der Waals surface area contributed by atoms with E-state index >= 15 is 0 Å². The summed E-state index contributed by atoms with van der Waals surface area (Å²) in [5.74, 6) is -0.000846. The summed E-state index contributed by atoms with van der Waals surface area (Å²) in [5, 5.41) is 17.7. The van der Waals surface area contributed by atoms with Crippen molar-refractivity contribution >= 4 is 12.1 Å². The van der Waals surface area contributed by atoms with Crippen molar-refractivity contribution in [3.8, 4) is 17.5 Å². The fourth-order valence-electron chi connectivity index (χ4n) is 3.07. The highest BCUT2D eigenvalue weighted by Crippen LogP contribution is 2.16. The average molecular weight is 429 g/mol. The molecule has 8 nitrogen and oxygen atoms in total. The Morgan fingerprint density at radius 1 is 1.22 bits per heavy atom. The number of hydrogen-bond acceptors (Lipinski definition) is 6. The second-order valence-corrected chi connectivity index (χ2v) is 7.12. The Kier molecular flexibility index (Phi) is 6.80. The maximum atomic E-state index is 12.8. The van der Waals surface area contributed by atoms with Crippen LogP contribution < -0.4 is 15.7 Å². The van der Waals surface area contributed by atoms with Gasteiger partial charge in [0, 0.05) is 11.1 Å². The largest absolute Gasteiger partial charge is 0.493 e. The first-order valence-corrected chi connectivity index (χ1v) is 10.0. The third kappa shape index (κ3) is 4.57. The van der Waals surface area contributed by atoms with Crippen molar-refractivity contribution in [1.29, 1.82) is 5.26 Å². The molecule has 0 spiro atoms. The van der Waals surface area contributed by atoms with Gasteiger partial charge in [-0.2, -0.15) is 20.1 Å². The maximum Gasteiger partial charge on any atom is 0.292 e. The summed E-state index contributed by atoms with van der Waals surface area (Å²) in [4.78, 5) is 25.6. The van der Waals surface area contributed by atoms with Gasteiger partial charge in [0.1, 0.15) is 17.4 Å². The van der Waals surface area contributed by atoms with Crippen LogP contribution >= 0.6 is 0 Å². The Morgan fingerprint density at radius 3 is 2.66 bits per heavy atom. The molecule has 1 N–H and O–H groups in total. The van der Waals surface area contributed by atoms with Gasteiger partial charge >= 0.3 is 0 Å². The van der Waals surface area contributed by atoms with Crippen LogP contribution in [0.3, 0.4) is 0 Å². The molecule has 1 heterocycles. The van der Waals surface area contributed by atoms with Crippen LogP contribution in [0.25, 0.3) is 5.69 Å². The van der Waals surface area contributed by atoms with Gasteiger partial charge in [-0.15, -0.1) is 0 Å². The smallest absolute Gasteiger partial charge is 0.292 e. The van der Waals surface area contributed by atoms with Gasteiger partial charge in [-0.3, -0.25) is 9.59 Å². The summed E-state index contributed by atoms with van der Waals surface area (Å²) in [6.07, 6.45) is 1.46. The van der Waals surface area contributed by atoms with Gasteiger partial charge in [0.2, 0.25) is 0 Å². The van der Waals surface area contributed by atoms with Crippen LogP contribution in [0.4, 0.5) is 0 Å². The lowest BCUT2D eigenvalue weighted by Gasteiger charge is -2.12. The molecule has 0 bridgehead atoms. The summed E-state index contributed by atoms with van der Waals surface area (Å²) in [7, 11) is 0. The van der Waals surface area contributed by atoms with Crippen molar-refractivity contribution in [3.63, 3.8) is 0 Å². The molecule has 0 radical (unpaired) electrons. The van der Waals surface area contributed by atoms with Crippen LogP contribution in [-0.4, -0.2) is 28.5 Å². The standard InChI is InChI=1S/C24H23N5O3/c1-5-32-21-9-7-6-8-18(21)14-26-27-23(30)22-17(4)20(13-25)24(31)29(28-22)19-11-10-15(2)16(3)12-19/h6-12,14H,5H2,1-4H3,(H,27,30)/b26-14-. The fourth-order valence-corrected chi connectivity index (χ4v) is 3.07. The van der Waals surface area contributed by atoms with E-state index in [1.165, 1.54) is 13.1 Å². The molecule has 0 aliphatic carbocycles. The van der Waals surface area contributed by atoms with E-state index in [1.54, 1.807) is 24.3 Å². The van der Waals surface area contributed by atoms with Gasteiger partial charge in [-0.25, -0.2) is 5.43 Å². The number of aryl methyl sites for hydroxylation is 2. The highest BCUT2D eigenvalue weighted by Gasteiger charge is 2.20. The summed E-state index contributed by atoms with van der Waals surface area (Å²) in [6.45, 7) is 7.75. The fraction of sp³-hybridized carbons (Fsp3) is 0.208. The number of para-hydroxylation sites is 1. The Bertz CT molecular complexity index is 1300. The number of amides is 1. The van der Waals surface area contributed by atoms with Gasteiger partial charge in [0.25, 0.3) is 11.5 Å². The normalized spacial score (nSPS) is 10.7. The maximum absolute atomic E-state index is 12.8. The molecule has 0 fully saturated rings. The zero-order chi connectivity index (χ0) is 23.3. The van der Waals surface area contributed by atoms with E-state index in [9.17, 15) is 14.9 Å². The Morgan fingerprint density at radius 2 is 1.97 bits per heavy atom. The summed E-state index contributed by atoms with van der Waals surface area (Å²) < 4.78 is 6.60. The molecule has 32 heavy (non-hydrogen) atoms. The van der Waals surface area contributed by atoms with Gasteiger partial charge in [0.15, 0.2) is 5.69 Å². The zero-order valence-corrected chi connectivity index (χ0v) is 18.3. The minimum atomic E-state index is -0.637. The molecule has 0 saturated carbocycles. The lowest BCUT2D eigenvalue weighted by molar-refractivity contribution is 0.0947. The molecular weight excluding hydrogens is 406 g/mol. The summed E-state index contributed by atoms with van der Waals surface area (Å²) in [6, 6.07) is 14.5. The highest BCUT2D eigenvalue weighted by atomic mass is 16.5. The number of carbonyl (C=O) groups is 1. The van der Waals surface area contributed by atoms with Crippen molar-refractivity contribution in [1.82, 2.24) is 15.2 Å². The van der Waals surface area contributed by atoms with Gasteiger partial charge in [-0.05, 0) is 63.1 Å². The molecule has 3 aromatic rings. The van der Waals surface area contributed by atoms with E-state index in [0.29, 0.717) is 23.6 Å². The zero-order valence-electron chi connectivity index (χ0n) is 18.3. The van der Waals surface area contributed by atoms with E-state index in [2.05, 4.69) is 15.6 Å². The van der Waals surface area contributed by atoms with Crippen LogP contribution in [0.15, 0.2) is 52.4 Å². The Balaban J connectivity index is 1.97. The van der Waals surface area contributed by atoms with Gasteiger partial charge in [0.05, 0.1) is 18.5 Å². The highest BCUT2D eigenvalue weighted by molar-refractivity contribution is 5.95. The number of nitriles is 1. The topological polar surface area (TPSA) is 109 Å². The van der Waals surface area contributed by atoms with Gasteiger partial charge in [-0.1, -0.05) is 18.2 Å². The first kappa shape index (κ1) is 22.4. The number of hydrogen-bond donors (Lipinski definition) is 1. The molecule has 162 valence electrons. The van der Waals surface area contributed by atoms with E-state index < -0.39 is 11.5 Å². The number of aromatic nitrogens is 2. The minimum Gasteiger partial charge on any atom is -0.493 e. The van der Waals surface area contributed by atoms with E-state index in [-0.39, 0.29) is 16.8 Å². The van der Waals surface area contributed by atoms with Crippen molar-refractivity contribution in [2.45, 2.75) is 27.7 Å². The second kappa shape index (κ2) is 9.71. The Labute approximate surface area is 185 Å². The minimum absolute atomic E-state index is 0.0605. The molecular formula is C24H23N5O3. The lowest BCUT2D eigenvalue weighted by Crippen LogP contribution is -2.31. The number of nitrogens with one attached hydrogen (secondary N) is 1. The van der Waals surface area contributed by atoms with Crippen LogP contribution in [0, 0.1) is 32.1 Å². The first-order valence-electron chi connectivity index (χ1n) is 10.0. The number of nitrogens with zero attached hydrogens (tertiary/aromatic N) is 4. The van der Waals surface area contributed by atoms with E-state index in [0.717, 1.165) is 15.8 Å². The van der Waals surface area contributed by atoms with Crippen molar-refractivity contribution < 1.29 is 9.53 Å². The van der Waals surface area contributed by atoms with Crippen LogP contribution in [0.1, 0.15) is 45.2 Å². The number of ether oxygens (including phenoxy) is 1. The number of benzene rings is 2. The third-order valence-electron chi connectivity index (χ3n) is 4.99. The second-order valence-electron chi connectivity index (χ2n) is 7.12. The molecule has 0 aliphatic heterocycles. The molecule has 1 amide bonds. The molecule has 3 rings (SSSR count). The average Bonchev–Trinajstić information content (AvgIpc) is 2.77. The number of rotatable bonds is 6. The SMILES string of the molecule is CCOc1ccccc1/C=N\NC(=O)c1nn(-c2ccc(C)c(C)c2)c(=O)c(C#N)c1C. The lowest BCUT2D eigenvalue weighted by atomic mass is 10.1. The Hall–Kier alpha value is -4.25. The molecule has 0 saturated heterocycles. The predicted octanol–water partition coefficient (Wildman–Crippen LogP) is 3.19. The number of hydrazone groups is 1. The van der Waals surface area contributed by atoms with Crippen LogP contribution in [0.2, 0.25) is 0 Å². The third-order valence-corrected chi connectivity index (χ3v) is 4.99. The van der Waals surface area contributed by atoms with Crippen LogP contribution in [0.5, 0.6) is 5.75 Å². The number of carbonyl (C=O) groups excluding carboxylic acids is 1. The van der Waals surface area contributed by atoms with Gasteiger partial charge < -0.3 is 4.74 Å². The summed E-state index contributed by atoms with van der Waals surface area (Å²) >= 11 is 0. The summed E-state index contributed by atoms with van der Waals surface area (Å²) in [5.41, 5.74) is 4.99. The first-order chi connectivity index (χ1) is 15.4. The molecule has 0 unspecified atom stereocenters. The van der Waals surface area contributed by atoms with Crippen LogP contribution in [-0.2, 0) is 0 Å². The molecule has 2 aromatic carbocycles. The molecule has 1 aromatic heterocycles. The predicted molar refractivity (Wildman–Crippen MR) is 121 cm³/mol. The van der Waals surface area contributed by atoms with Crippen molar-refractivity contribution in [3.05, 3.63) is 86.3 Å². The molecule has 0 atom stereocenters. The van der Waals surface area contributed by atoms with E-state index in [1.807, 2.05) is 45.0 Å². The van der Waals surface area contributed by atoms with Crippen molar-refractivity contribution in [2.75, 3.05) is 6.61 Å². The van der Waals surface area contributed by atoms with Crippen molar-refractivity contribution in [2.24, 2.45) is 5.10 Å². The quantitative estimate of drug-likeness (QED) is 0.478. The van der Waals surface area contributed by atoms with E-state index in [4.69, 9.17) is 4.74 Å². The molecule has 8 heteroatoms. The monoisotopic (exact) mass is 429 g/mol.